The van der Waals surface area contributed by atoms with Gasteiger partial charge in [0.05, 0.1) is 16.9 Å². The van der Waals surface area contributed by atoms with Crippen LogP contribution in [0.15, 0.2) is 77.9 Å². The van der Waals surface area contributed by atoms with Gasteiger partial charge >= 0.3 is 0 Å². The summed E-state index contributed by atoms with van der Waals surface area (Å²) in [5.74, 6) is -0.0200. The number of carbonyl (C=O) groups is 2. The van der Waals surface area contributed by atoms with Gasteiger partial charge in [-0.05, 0) is 41.5 Å². The summed E-state index contributed by atoms with van der Waals surface area (Å²) >= 11 is 11.8. The van der Waals surface area contributed by atoms with Crippen LogP contribution in [0.4, 0.5) is 5.69 Å². The van der Waals surface area contributed by atoms with Gasteiger partial charge in [-0.1, -0.05) is 65.7 Å². The molecule has 0 atom stereocenters. The number of hydrazone groups is 1. The first kappa shape index (κ1) is 23.3. The Bertz CT molecular complexity index is 1100. The molecule has 0 aliphatic carbocycles. The van der Waals surface area contributed by atoms with Gasteiger partial charge in [-0.25, -0.2) is 5.43 Å². The highest BCUT2D eigenvalue weighted by Gasteiger charge is 2.09. The number of carbonyl (C=O) groups excluding carboxylic acids is 2. The average molecular weight is 470 g/mol. The number of nitrogens with zero attached hydrogens (tertiary/aromatic N) is 1. The van der Waals surface area contributed by atoms with Crippen LogP contribution < -0.4 is 15.5 Å². The summed E-state index contributed by atoms with van der Waals surface area (Å²) in [5.41, 5.74) is 4.69. The monoisotopic (exact) mass is 469 g/mol. The van der Waals surface area contributed by atoms with E-state index in [1.54, 1.807) is 12.1 Å². The van der Waals surface area contributed by atoms with Crippen molar-refractivity contribution in [2.24, 2.45) is 5.10 Å². The van der Waals surface area contributed by atoms with E-state index < -0.39 is 0 Å². The van der Waals surface area contributed by atoms with E-state index in [0.29, 0.717) is 28.1 Å². The van der Waals surface area contributed by atoms with E-state index in [-0.39, 0.29) is 24.7 Å². The zero-order valence-electron chi connectivity index (χ0n) is 17.1. The minimum Gasteiger partial charge on any atom is -0.489 e. The van der Waals surface area contributed by atoms with Gasteiger partial charge in [0.2, 0.25) is 11.8 Å². The Morgan fingerprint density at radius 1 is 0.906 bits per heavy atom. The molecule has 0 saturated carbocycles. The summed E-state index contributed by atoms with van der Waals surface area (Å²) in [7, 11) is 0. The number of ether oxygens (including phenoxy) is 1. The smallest absolute Gasteiger partial charge is 0.240 e. The Morgan fingerprint density at radius 2 is 1.69 bits per heavy atom. The van der Waals surface area contributed by atoms with Gasteiger partial charge in [-0.3, -0.25) is 9.59 Å². The number of hydrogen-bond donors (Lipinski definition) is 2. The fourth-order valence-electron chi connectivity index (χ4n) is 2.69. The molecule has 0 fully saturated rings. The van der Waals surface area contributed by atoms with E-state index in [1.165, 1.54) is 12.3 Å². The number of hydrogen-bond acceptors (Lipinski definition) is 4. The second kappa shape index (κ2) is 11.9. The lowest BCUT2D eigenvalue weighted by molar-refractivity contribution is -0.124. The molecule has 164 valence electrons. The van der Waals surface area contributed by atoms with Crippen molar-refractivity contribution in [3.05, 3.63) is 94.0 Å². The van der Waals surface area contributed by atoms with Crippen molar-refractivity contribution in [3.63, 3.8) is 0 Å². The Balaban J connectivity index is 1.42. The van der Waals surface area contributed by atoms with Crippen molar-refractivity contribution in [2.45, 2.75) is 19.4 Å². The van der Waals surface area contributed by atoms with E-state index in [9.17, 15) is 9.59 Å². The van der Waals surface area contributed by atoms with E-state index in [1.807, 2.05) is 54.6 Å². The van der Waals surface area contributed by atoms with Crippen LogP contribution in [-0.2, 0) is 16.2 Å². The van der Waals surface area contributed by atoms with Crippen LogP contribution in [0.2, 0.25) is 10.0 Å². The molecule has 0 radical (unpaired) electrons. The number of rotatable bonds is 9. The second-order valence-corrected chi connectivity index (χ2v) is 7.66. The normalized spacial score (nSPS) is 10.7. The summed E-state index contributed by atoms with van der Waals surface area (Å²) in [4.78, 5) is 24.0. The predicted molar refractivity (Wildman–Crippen MR) is 127 cm³/mol. The predicted octanol–water partition coefficient (Wildman–Crippen LogP) is 5.44. The highest BCUT2D eigenvalue weighted by atomic mass is 35.5. The molecular weight excluding hydrogens is 449 g/mol. The topological polar surface area (TPSA) is 79.8 Å². The summed E-state index contributed by atoms with van der Waals surface area (Å²) < 4.78 is 5.78. The number of anilines is 1. The van der Waals surface area contributed by atoms with Gasteiger partial charge in [-0.15, -0.1) is 0 Å². The van der Waals surface area contributed by atoms with Gasteiger partial charge in [0.25, 0.3) is 0 Å². The number of amides is 2. The van der Waals surface area contributed by atoms with Crippen molar-refractivity contribution in [3.8, 4) is 5.75 Å². The van der Waals surface area contributed by atoms with Crippen molar-refractivity contribution in [1.29, 1.82) is 0 Å². The maximum atomic E-state index is 12.0. The number of benzene rings is 3. The SMILES string of the molecule is O=C(CCC(=O)Nc1ccc(Cl)cc1Cl)N/N=C/c1cccc(OCc2ccccc2)c1. The Morgan fingerprint density at radius 3 is 2.47 bits per heavy atom. The molecule has 0 aliphatic rings. The molecule has 6 nitrogen and oxygen atoms in total. The van der Waals surface area contributed by atoms with Gasteiger partial charge in [0.1, 0.15) is 12.4 Å². The molecule has 0 unspecified atom stereocenters. The third-order valence-electron chi connectivity index (χ3n) is 4.29. The zero-order chi connectivity index (χ0) is 22.8. The van der Waals surface area contributed by atoms with Gasteiger partial charge in [0.15, 0.2) is 0 Å². The minimum absolute atomic E-state index is 0.0108. The molecule has 0 spiro atoms. The fourth-order valence-corrected chi connectivity index (χ4v) is 3.15. The number of nitrogens with one attached hydrogen (secondary N) is 2. The first-order valence-corrected chi connectivity index (χ1v) is 10.6. The quantitative estimate of drug-likeness (QED) is 0.323. The maximum absolute atomic E-state index is 12.0. The lowest BCUT2D eigenvalue weighted by atomic mass is 10.2. The van der Waals surface area contributed by atoms with Crippen molar-refractivity contribution >= 4 is 46.9 Å². The molecule has 0 saturated heterocycles. The second-order valence-electron chi connectivity index (χ2n) is 6.81. The molecule has 2 N–H and O–H groups in total. The molecule has 0 aromatic heterocycles. The highest BCUT2D eigenvalue weighted by Crippen LogP contribution is 2.25. The molecular formula is C24H21Cl2N3O3. The molecule has 0 heterocycles. The fraction of sp³-hybridized carbons (Fsp3) is 0.125. The molecule has 0 aliphatic heterocycles. The standard InChI is InChI=1S/C24H21Cl2N3O3/c25-19-9-10-22(21(26)14-19)28-23(30)11-12-24(31)29-27-15-18-7-4-8-20(13-18)32-16-17-5-2-1-3-6-17/h1-10,13-15H,11-12,16H2,(H,28,30)(H,29,31)/b27-15+. The zero-order valence-corrected chi connectivity index (χ0v) is 18.6. The van der Waals surface area contributed by atoms with Crippen molar-refractivity contribution in [2.75, 3.05) is 5.32 Å². The average Bonchev–Trinajstić information content (AvgIpc) is 2.79. The Kier molecular flexibility index (Phi) is 8.66. The van der Waals surface area contributed by atoms with Crippen LogP contribution >= 0.6 is 23.2 Å². The van der Waals surface area contributed by atoms with E-state index in [0.717, 1.165) is 11.1 Å². The van der Waals surface area contributed by atoms with Crippen LogP contribution in [0.25, 0.3) is 0 Å². The first-order valence-electron chi connectivity index (χ1n) is 9.83. The third kappa shape index (κ3) is 7.72. The largest absolute Gasteiger partial charge is 0.489 e. The minimum atomic E-state index is -0.380. The summed E-state index contributed by atoms with van der Waals surface area (Å²) in [6.07, 6.45) is 1.48. The summed E-state index contributed by atoms with van der Waals surface area (Å²) in [6, 6.07) is 22.0. The molecule has 8 heteroatoms. The van der Waals surface area contributed by atoms with Crippen LogP contribution in [0.5, 0.6) is 5.75 Å². The molecule has 3 rings (SSSR count). The van der Waals surface area contributed by atoms with E-state index in [2.05, 4.69) is 15.8 Å². The number of halogens is 2. The van der Waals surface area contributed by atoms with Crippen LogP contribution in [0, 0.1) is 0 Å². The maximum Gasteiger partial charge on any atom is 0.240 e. The van der Waals surface area contributed by atoms with Gasteiger partial charge < -0.3 is 10.1 Å². The van der Waals surface area contributed by atoms with E-state index in [4.69, 9.17) is 27.9 Å². The first-order chi connectivity index (χ1) is 15.5. The molecule has 32 heavy (non-hydrogen) atoms. The Labute approximate surface area is 196 Å². The van der Waals surface area contributed by atoms with Crippen LogP contribution in [0.1, 0.15) is 24.0 Å². The lowest BCUT2D eigenvalue weighted by Gasteiger charge is -2.07. The summed E-state index contributed by atoms with van der Waals surface area (Å²) in [5, 5.41) is 7.38. The molecule has 3 aromatic rings. The van der Waals surface area contributed by atoms with Crippen molar-refractivity contribution < 1.29 is 14.3 Å². The van der Waals surface area contributed by atoms with Crippen molar-refractivity contribution in [1.82, 2.24) is 5.43 Å². The van der Waals surface area contributed by atoms with E-state index >= 15 is 0 Å². The van der Waals surface area contributed by atoms with Gasteiger partial charge in [-0.2, -0.15) is 5.10 Å². The molecule has 2 amide bonds. The van der Waals surface area contributed by atoms with Gasteiger partial charge in [0, 0.05) is 17.9 Å². The molecule has 0 bridgehead atoms. The summed E-state index contributed by atoms with van der Waals surface area (Å²) in [6.45, 7) is 0.460. The third-order valence-corrected chi connectivity index (χ3v) is 4.84. The highest BCUT2D eigenvalue weighted by molar-refractivity contribution is 6.36. The lowest BCUT2D eigenvalue weighted by Crippen LogP contribution is -2.20. The molecule has 3 aromatic carbocycles. The van der Waals surface area contributed by atoms with Crippen LogP contribution in [0.3, 0.4) is 0 Å². The van der Waals surface area contributed by atoms with Crippen LogP contribution in [-0.4, -0.2) is 18.0 Å². The Hall–Kier alpha value is -3.35.